The molecular weight excluding hydrogens is 350 g/mol. The van der Waals surface area contributed by atoms with Crippen LogP contribution in [0.2, 0.25) is 0 Å². The highest BCUT2D eigenvalue weighted by atomic mass is 16.5. The molecule has 7 nitrogen and oxygen atoms in total. The van der Waals surface area contributed by atoms with Crippen LogP contribution in [0, 0.1) is 0 Å². The first kappa shape index (κ1) is 20.1. The van der Waals surface area contributed by atoms with E-state index in [1.807, 2.05) is 6.92 Å². The molecule has 0 aliphatic rings. The molecule has 0 heterocycles. The number of amides is 1. The van der Waals surface area contributed by atoms with Crippen LogP contribution in [0.25, 0.3) is 0 Å². The van der Waals surface area contributed by atoms with Crippen molar-refractivity contribution in [3.05, 3.63) is 47.5 Å². The van der Waals surface area contributed by atoms with Crippen molar-refractivity contribution in [3.8, 4) is 17.2 Å². The number of anilines is 1. The SMILES string of the molecule is CCOC(=O)c1ccc(NC(=O)c2cc(OC)cc(OC)c2)c(OCC)c1. The lowest BCUT2D eigenvalue weighted by molar-refractivity contribution is 0.0526. The van der Waals surface area contributed by atoms with Crippen molar-refractivity contribution in [2.75, 3.05) is 32.8 Å². The number of rotatable bonds is 8. The number of esters is 1. The van der Waals surface area contributed by atoms with Gasteiger partial charge in [-0.25, -0.2) is 4.79 Å². The van der Waals surface area contributed by atoms with Crippen LogP contribution in [0.4, 0.5) is 5.69 Å². The van der Waals surface area contributed by atoms with E-state index in [9.17, 15) is 9.59 Å². The molecule has 0 fully saturated rings. The first-order valence-corrected chi connectivity index (χ1v) is 8.50. The van der Waals surface area contributed by atoms with E-state index in [-0.39, 0.29) is 12.5 Å². The van der Waals surface area contributed by atoms with Gasteiger partial charge in [0.15, 0.2) is 0 Å². The second-order valence-electron chi connectivity index (χ2n) is 5.42. The van der Waals surface area contributed by atoms with Gasteiger partial charge in [-0.1, -0.05) is 0 Å². The normalized spacial score (nSPS) is 10.1. The Kier molecular flexibility index (Phi) is 7.05. The van der Waals surface area contributed by atoms with Crippen LogP contribution in [0.5, 0.6) is 17.2 Å². The van der Waals surface area contributed by atoms with Crippen LogP contribution in [0.3, 0.4) is 0 Å². The Bertz CT molecular complexity index is 796. The molecule has 0 spiro atoms. The molecule has 0 unspecified atom stereocenters. The van der Waals surface area contributed by atoms with E-state index in [0.717, 1.165) is 0 Å². The molecule has 0 atom stereocenters. The third-order valence-corrected chi connectivity index (χ3v) is 3.65. The Balaban J connectivity index is 2.30. The Morgan fingerprint density at radius 2 is 1.56 bits per heavy atom. The summed E-state index contributed by atoms with van der Waals surface area (Å²) in [5.41, 5.74) is 1.15. The Morgan fingerprint density at radius 1 is 0.889 bits per heavy atom. The fourth-order valence-electron chi connectivity index (χ4n) is 2.37. The lowest BCUT2D eigenvalue weighted by Gasteiger charge is -2.14. The largest absolute Gasteiger partial charge is 0.497 e. The van der Waals surface area contributed by atoms with Gasteiger partial charge in [0.25, 0.3) is 5.91 Å². The highest BCUT2D eigenvalue weighted by Gasteiger charge is 2.15. The van der Waals surface area contributed by atoms with Crippen molar-refractivity contribution in [2.24, 2.45) is 0 Å². The Labute approximate surface area is 158 Å². The number of carbonyl (C=O) groups excluding carboxylic acids is 2. The number of benzene rings is 2. The van der Waals surface area contributed by atoms with Gasteiger partial charge >= 0.3 is 5.97 Å². The van der Waals surface area contributed by atoms with Gasteiger partial charge in [-0.2, -0.15) is 0 Å². The first-order valence-electron chi connectivity index (χ1n) is 8.50. The summed E-state index contributed by atoms with van der Waals surface area (Å²) in [6.07, 6.45) is 0. The van der Waals surface area contributed by atoms with Crippen LogP contribution in [-0.2, 0) is 4.74 Å². The Morgan fingerprint density at radius 3 is 2.11 bits per heavy atom. The van der Waals surface area contributed by atoms with Gasteiger partial charge in [-0.3, -0.25) is 4.79 Å². The van der Waals surface area contributed by atoms with Crippen LogP contribution >= 0.6 is 0 Å². The van der Waals surface area contributed by atoms with Crippen molar-refractivity contribution in [1.29, 1.82) is 0 Å². The number of hydrogen-bond donors (Lipinski definition) is 1. The molecule has 2 aromatic rings. The van der Waals surface area contributed by atoms with Gasteiger partial charge in [0.05, 0.1) is 38.7 Å². The zero-order valence-corrected chi connectivity index (χ0v) is 15.8. The van der Waals surface area contributed by atoms with E-state index >= 15 is 0 Å². The quantitative estimate of drug-likeness (QED) is 0.713. The van der Waals surface area contributed by atoms with Crippen LogP contribution in [0.15, 0.2) is 36.4 Å². The standard InChI is InChI=1S/C20H23NO6/c1-5-26-18-11-13(20(23)27-6-2)7-8-17(18)21-19(22)14-9-15(24-3)12-16(10-14)25-4/h7-12H,5-6H2,1-4H3,(H,21,22). The summed E-state index contributed by atoms with van der Waals surface area (Å²) in [5, 5.41) is 2.79. The lowest BCUT2D eigenvalue weighted by Crippen LogP contribution is -2.14. The minimum Gasteiger partial charge on any atom is -0.497 e. The van der Waals surface area contributed by atoms with Gasteiger partial charge in [-0.15, -0.1) is 0 Å². The van der Waals surface area contributed by atoms with Gasteiger partial charge in [-0.05, 0) is 44.2 Å². The molecule has 2 rings (SSSR count). The zero-order chi connectivity index (χ0) is 19.8. The maximum atomic E-state index is 12.7. The highest BCUT2D eigenvalue weighted by Crippen LogP contribution is 2.28. The summed E-state index contributed by atoms with van der Waals surface area (Å²) in [5.74, 6) is 0.571. The smallest absolute Gasteiger partial charge is 0.338 e. The molecule has 0 bridgehead atoms. The summed E-state index contributed by atoms with van der Waals surface area (Å²) in [4.78, 5) is 24.6. The maximum absolute atomic E-state index is 12.7. The molecule has 1 amide bonds. The third kappa shape index (κ3) is 5.13. The van der Waals surface area contributed by atoms with Crippen LogP contribution in [-0.4, -0.2) is 39.3 Å². The number of carbonyl (C=O) groups is 2. The van der Waals surface area contributed by atoms with Crippen molar-refractivity contribution in [3.63, 3.8) is 0 Å². The molecular formula is C20H23NO6. The number of methoxy groups -OCH3 is 2. The molecule has 0 radical (unpaired) electrons. The minimum absolute atomic E-state index is 0.277. The minimum atomic E-state index is -0.450. The number of ether oxygens (including phenoxy) is 4. The number of nitrogens with one attached hydrogen (secondary N) is 1. The van der Waals surface area contributed by atoms with E-state index in [4.69, 9.17) is 18.9 Å². The van der Waals surface area contributed by atoms with Crippen molar-refractivity contribution in [2.45, 2.75) is 13.8 Å². The summed E-state index contributed by atoms with van der Waals surface area (Å²) in [6, 6.07) is 9.60. The summed E-state index contributed by atoms with van der Waals surface area (Å²) in [7, 11) is 3.02. The van der Waals surface area contributed by atoms with E-state index < -0.39 is 5.97 Å². The molecule has 0 saturated heterocycles. The Hall–Kier alpha value is -3.22. The van der Waals surface area contributed by atoms with Crippen LogP contribution < -0.4 is 19.5 Å². The van der Waals surface area contributed by atoms with Gasteiger partial charge in [0, 0.05) is 11.6 Å². The summed E-state index contributed by atoms with van der Waals surface area (Å²) >= 11 is 0. The first-order chi connectivity index (χ1) is 13.0. The molecule has 7 heteroatoms. The maximum Gasteiger partial charge on any atom is 0.338 e. The molecule has 2 aromatic carbocycles. The monoisotopic (exact) mass is 373 g/mol. The van der Waals surface area contributed by atoms with Crippen LogP contribution in [0.1, 0.15) is 34.6 Å². The zero-order valence-electron chi connectivity index (χ0n) is 15.8. The summed E-state index contributed by atoms with van der Waals surface area (Å²) in [6.45, 7) is 4.20. The predicted octanol–water partition coefficient (Wildman–Crippen LogP) is 3.53. The molecule has 0 saturated carbocycles. The van der Waals surface area contributed by atoms with Crippen molar-refractivity contribution in [1.82, 2.24) is 0 Å². The molecule has 144 valence electrons. The predicted molar refractivity (Wildman–Crippen MR) is 101 cm³/mol. The average Bonchev–Trinajstić information content (AvgIpc) is 2.69. The fourth-order valence-corrected chi connectivity index (χ4v) is 2.37. The van der Waals surface area contributed by atoms with E-state index in [1.165, 1.54) is 14.2 Å². The molecule has 0 aromatic heterocycles. The molecule has 0 aliphatic carbocycles. The van der Waals surface area contributed by atoms with Gasteiger partial charge in [0.1, 0.15) is 17.2 Å². The molecule has 1 N–H and O–H groups in total. The molecule has 27 heavy (non-hydrogen) atoms. The summed E-state index contributed by atoms with van der Waals surface area (Å²) < 4.78 is 20.9. The van der Waals surface area contributed by atoms with Crippen molar-refractivity contribution < 1.29 is 28.5 Å². The molecule has 0 aliphatic heterocycles. The number of hydrogen-bond acceptors (Lipinski definition) is 6. The van der Waals surface area contributed by atoms with Gasteiger partial charge < -0.3 is 24.3 Å². The third-order valence-electron chi connectivity index (χ3n) is 3.65. The second kappa shape index (κ2) is 9.47. The average molecular weight is 373 g/mol. The van der Waals surface area contributed by atoms with Crippen molar-refractivity contribution >= 4 is 17.6 Å². The second-order valence-corrected chi connectivity index (χ2v) is 5.42. The van der Waals surface area contributed by atoms with Gasteiger partial charge in [0.2, 0.25) is 0 Å². The topological polar surface area (TPSA) is 83.1 Å². The van der Waals surface area contributed by atoms with E-state index in [1.54, 1.807) is 43.3 Å². The van der Waals surface area contributed by atoms with E-state index in [0.29, 0.717) is 40.7 Å². The van der Waals surface area contributed by atoms with E-state index in [2.05, 4.69) is 5.32 Å². The fraction of sp³-hybridized carbons (Fsp3) is 0.300. The highest BCUT2D eigenvalue weighted by molar-refractivity contribution is 6.06. The lowest BCUT2D eigenvalue weighted by atomic mass is 10.1.